The predicted octanol–water partition coefficient (Wildman–Crippen LogP) is 4.07. The smallest absolute Gasteiger partial charge is 0.360 e. The van der Waals surface area contributed by atoms with E-state index in [0.29, 0.717) is 44.8 Å². The molecule has 0 atom stereocenters. The van der Waals surface area contributed by atoms with Crippen LogP contribution in [-0.2, 0) is 21.0 Å². The van der Waals surface area contributed by atoms with E-state index >= 15 is 0 Å². The Bertz CT molecular complexity index is 1490. The van der Waals surface area contributed by atoms with Gasteiger partial charge in [0, 0.05) is 32.7 Å². The highest BCUT2D eigenvalue weighted by Crippen LogP contribution is 2.38. The van der Waals surface area contributed by atoms with Crippen molar-refractivity contribution in [3.63, 3.8) is 0 Å². The van der Waals surface area contributed by atoms with Crippen LogP contribution in [0.5, 0.6) is 0 Å². The van der Waals surface area contributed by atoms with Gasteiger partial charge >= 0.3 is 6.18 Å². The minimum Gasteiger partial charge on any atom is -0.360 e. The molecule has 0 N–H and O–H groups in total. The number of sulfonamides is 1. The molecule has 3 heterocycles. The van der Waals surface area contributed by atoms with Gasteiger partial charge in [-0.05, 0) is 77.5 Å². The predicted molar refractivity (Wildman–Crippen MR) is 152 cm³/mol. The monoisotopic (exact) mass is 626 g/mol. The number of thiocarbonyl (C=S) groups is 1. The number of hydrogen-bond acceptors (Lipinski definition) is 8. The van der Waals surface area contributed by atoms with Crippen molar-refractivity contribution in [2.75, 3.05) is 44.2 Å². The lowest BCUT2D eigenvalue weighted by Crippen LogP contribution is -2.48. The van der Waals surface area contributed by atoms with E-state index in [-0.39, 0.29) is 21.5 Å². The topological polar surface area (TPSA) is 114 Å². The van der Waals surface area contributed by atoms with Gasteiger partial charge in [0.05, 0.1) is 22.9 Å². The van der Waals surface area contributed by atoms with Gasteiger partial charge in [-0.3, -0.25) is 9.69 Å². The summed E-state index contributed by atoms with van der Waals surface area (Å²) in [5.74, 6) is -0.155. The van der Waals surface area contributed by atoms with Crippen LogP contribution in [0.25, 0.3) is 0 Å². The molecule has 15 heteroatoms. The highest BCUT2D eigenvalue weighted by Gasteiger charge is 2.49. The van der Waals surface area contributed by atoms with Gasteiger partial charge in [-0.1, -0.05) is 11.6 Å². The number of benzene rings is 1. The van der Waals surface area contributed by atoms with E-state index in [4.69, 9.17) is 22.0 Å². The summed E-state index contributed by atoms with van der Waals surface area (Å²) in [7, 11) is -3.67. The number of carbonyl (C=O) groups excluding carboxylic acids is 1. The average molecular weight is 627 g/mol. The molecule has 1 amide bonds. The number of aryl methyl sites for hydroxylation is 2. The molecule has 4 rings (SSSR count). The van der Waals surface area contributed by atoms with E-state index in [9.17, 15) is 26.4 Å². The third-order valence-electron chi connectivity index (χ3n) is 7.76. The van der Waals surface area contributed by atoms with Crippen molar-refractivity contribution < 1.29 is 30.9 Å². The number of nitriles is 1. The van der Waals surface area contributed by atoms with Crippen LogP contribution < -0.4 is 4.90 Å². The number of halogens is 3. The fourth-order valence-corrected chi connectivity index (χ4v) is 7.61. The third-order valence-corrected chi connectivity index (χ3v) is 10.3. The van der Waals surface area contributed by atoms with E-state index < -0.39 is 38.8 Å². The molecule has 0 saturated carbocycles. The first kappa shape index (κ1) is 31.9. The van der Waals surface area contributed by atoms with E-state index in [1.54, 1.807) is 38.7 Å². The minimum absolute atomic E-state index is 0.0255. The molecule has 2 aromatic rings. The maximum Gasteiger partial charge on any atom is 0.417 e. The van der Waals surface area contributed by atoms with Crippen molar-refractivity contribution >= 4 is 38.9 Å². The van der Waals surface area contributed by atoms with Crippen molar-refractivity contribution in [3.8, 4) is 6.07 Å². The first-order valence-corrected chi connectivity index (χ1v) is 15.4. The largest absolute Gasteiger partial charge is 0.417 e. The molecule has 2 fully saturated rings. The lowest BCUT2D eigenvalue weighted by molar-refractivity contribution is -0.137. The van der Waals surface area contributed by atoms with Crippen LogP contribution in [0, 0.1) is 25.2 Å². The molecule has 42 heavy (non-hydrogen) atoms. The zero-order valence-corrected chi connectivity index (χ0v) is 25.5. The molecule has 0 radical (unpaired) electrons. The second-order valence-electron chi connectivity index (χ2n) is 10.9. The van der Waals surface area contributed by atoms with Crippen molar-refractivity contribution in [1.29, 1.82) is 5.26 Å². The molecule has 0 aliphatic carbocycles. The lowest BCUT2D eigenvalue weighted by atomic mass is 10.0. The van der Waals surface area contributed by atoms with Gasteiger partial charge < -0.3 is 14.3 Å². The fraction of sp³-hybridized carbons (Fsp3) is 0.556. The third kappa shape index (κ3) is 6.03. The molecule has 2 saturated heterocycles. The van der Waals surface area contributed by atoms with Crippen molar-refractivity contribution in [2.45, 2.75) is 63.6 Å². The summed E-state index contributed by atoms with van der Waals surface area (Å²) in [6.07, 6.45) is -2.39. The number of hydrogen-bond donors (Lipinski definition) is 0. The van der Waals surface area contributed by atoms with Crippen molar-refractivity contribution in [1.82, 2.24) is 19.3 Å². The zero-order chi connectivity index (χ0) is 31.0. The number of unbranched alkanes of at least 4 members (excludes halogenated alkanes) is 2. The van der Waals surface area contributed by atoms with Gasteiger partial charge in [-0.25, -0.2) is 8.42 Å². The summed E-state index contributed by atoms with van der Waals surface area (Å²) in [6.45, 7) is 9.72. The summed E-state index contributed by atoms with van der Waals surface area (Å²) >= 11 is 5.55. The van der Waals surface area contributed by atoms with Gasteiger partial charge in [-0.2, -0.15) is 22.7 Å². The maximum atomic E-state index is 13.5. The van der Waals surface area contributed by atoms with Gasteiger partial charge in [-0.15, -0.1) is 0 Å². The Balaban J connectivity index is 1.29. The van der Waals surface area contributed by atoms with Gasteiger partial charge in [0.2, 0.25) is 10.0 Å². The molecule has 2 aliphatic rings. The highest BCUT2D eigenvalue weighted by atomic mass is 32.2. The Labute approximate surface area is 248 Å². The summed E-state index contributed by atoms with van der Waals surface area (Å²) < 4.78 is 73.1. The van der Waals surface area contributed by atoms with Crippen LogP contribution >= 0.6 is 12.2 Å². The summed E-state index contributed by atoms with van der Waals surface area (Å²) in [5, 5.41) is 13.0. The average Bonchev–Trinajstić information content (AvgIpc) is 3.35. The molecule has 10 nitrogen and oxygen atoms in total. The van der Waals surface area contributed by atoms with E-state index in [1.165, 1.54) is 10.4 Å². The number of amides is 1. The molecule has 0 bridgehead atoms. The van der Waals surface area contributed by atoms with Crippen molar-refractivity contribution in [2.24, 2.45) is 0 Å². The first-order valence-electron chi connectivity index (χ1n) is 13.5. The quantitative estimate of drug-likeness (QED) is 0.300. The Hall–Kier alpha value is -3.06. The number of rotatable bonds is 9. The second-order valence-corrected chi connectivity index (χ2v) is 13.2. The SMILES string of the molecule is Cc1noc(C)c1S(=O)(=O)N1CCN(CCCCCN2C(=S)N(c3ccc(C#N)c(C(F)(F)F)c3)C(=O)C2(C)C)CC1. The van der Waals surface area contributed by atoms with Crippen LogP contribution in [0.1, 0.15) is 55.7 Å². The summed E-state index contributed by atoms with van der Waals surface area (Å²) in [4.78, 5) is 18.4. The molecular formula is C27H33F3N6O4S2. The molecule has 2 aliphatic heterocycles. The molecule has 1 aromatic carbocycles. The normalized spacial score (nSPS) is 18.6. The number of alkyl halides is 3. The van der Waals surface area contributed by atoms with Crippen LogP contribution in [0.2, 0.25) is 0 Å². The second kappa shape index (κ2) is 11.9. The molecule has 0 unspecified atom stereocenters. The van der Waals surface area contributed by atoms with Crippen LogP contribution in [-0.4, -0.2) is 83.5 Å². The van der Waals surface area contributed by atoms with Crippen molar-refractivity contribution in [3.05, 3.63) is 40.8 Å². The Kier molecular flexibility index (Phi) is 9.03. The lowest BCUT2D eigenvalue weighted by Gasteiger charge is -2.34. The van der Waals surface area contributed by atoms with Crippen LogP contribution in [0.15, 0.2) is 27.6 Å². The Morgan fingerprint density at radius 2 is 1.74 bits per heavy atom. The molecule has 228 valence electrons. The number of aromatic nitrogens is 1. The summed E-state index contributed by atoms with van der Waals surface area (Å²) in [6, 6.07) is 4.69. The van der Waals surface area contributed by atoms with Crippen LogP contribution in [0.3, 0.4) is 0 Å². The number of nitrogens with zero attached hydrogens (tertiary/aromatic N) is 6. The maximum absolute atomic E-state index is 13.5. The van der Waals surface area contributed by atoms with Gasteiger partial charge in [0.15, 0.2) is 10.9 Å². The van der Waals surface area contributed by atoms with Crippen LogP contribution in [0.4, 0.5) is 18.9 Å². The molecular weight excluding hydrogens is 593 g/mol. The molecule has 1 aromatic heterocycles. The number of anilines is 1. The standard InChI is InChI=1S/C27H33F3N6O4S2/c1-18-23(19(2)40-32-18)42(38,39)34-14-12-33(13-15-34)10-6-5-7-11-35-25(41)36(24(37)26(35,3)4)21-9-8-20(17-31)22(16-21)27(28,29)30/h8-9,16H,5-7,10-15H2,1-4H3. The Morgan fingerprint density at radius 1 is 1.10 bits per heavy atom. The molecule has 0 spiro atoms. The zero-order valence-electron chi connectivity index (χ0n) is 23.9. The number of piperazine rings is 1. The Morgan fingerprint density at radius 3 is 2.31 bits per heavy atom. The van der Waals surface area contributed by atoms with E-state index in [1.807, 2.05) is 0 Å². The van der Waals surface area contributed by atoms with Gasteiger partial charge in [0.1, 0.15) is 16.1 Å². The van der Waals surface area contributed by atoms with E-state index in [0.717, 1.165) is 36.4 Å². The first-order chi connectivity index (χ1) is 19.6. The van der Waals surface area contributed by atoms with Gasteiger partial charge in [0.25, 0.3) is 5.91 Å². The van der Waals surface area contributed by atoms with E-state index in [2.05, 4.69) is 10.1 Å². The fourth-order valence-electron chi connectivity index (χ4n) is 5.39. The highest BCUT2D eigenvalue weighted by molar-refractivity contribution is 7.89. The minimum atomic E-state index is -4.75. The summed E-state index contributed by atoms with van der Waals surface area (Å²) in [5.41, 5.74) is -2.36. The number of carbonyl (C=O) groups is 1.